The molecule has 3 nitrogen and oxygen atoms in total. The SMILES string of the molecule is CCCCCNC(C)C(=O)NC. The number of nitrogens with one attached hydrogen (secondary N) is 2. The summed E-state index contributed by atoms with van der Waals surface area (Å²) in [5, 5.41) is 5.76. The van der Waals surface area contributed by atoms with E-state index in [1.807, 2.05) is 6.92 Å². The number of hydrogen-bond donors (Lipinski definition) is 2. The molecule has 0 fully saturated rings. The molecule has 12 heavy (non-hydrogen) atoms. The number of unbranched alkanes of at least 4 members (excludes halogenated alkanes) is 2. The number of carbonyl (C=O) groups is 1. The van der Waals surface area contributed by atoms with Crippen molar-refractivity contribution in [1.29, 1.82) is 0 Å². The monoisotopic (exact) mass is 172 g/mol. The van der Waals surface area contributed by atoms with Crippen LogP contribution < -0.4 is 10.6 Å². The normalized spacial score (nSPS) is 12.6. The van der Waals surface area contributed by atoms with Crippen LogP contribution in [0, 0.1) is 0 Å². The number of rotatable bonds is 6. The number of carbonyl (C=O) groups excluding carboxylic acids is 1. The molecule has 1 unspecified atom stereocenters. The van der Waals surface area contributed by atoms with Crippen molar-refractivity contribution < 1.29 is 4.79 Å². The van der Waals surface area contributed by atoms with Crippen LogP contribution in [-0.4, -0.2) is 25.5 Å². The first-order valence-corrected chi connectivity index (χ1v) is 4.67. The maximum absolute atomic E-state index is 11.0. The van der Waals surface area contributed by atoms with Gasteiger partial charge in [-0.25, -0.2) is 0 Å². The van der Waals surface area contributed by atoms with E-state index in [0.29, 0.717) is 0 Å². The molecule has 0 heterocycles. The molecular formula is C9H20N2O. The lowest BCUT2D eigenvalue weighted by Crippen LogP contribution is -2.40. The number of likely N-dealkylation sites (N-methyl/N-ethyl adjacent to an activating group) is 1. The fourth-order valence-corrected chi connectivity index (χ4v) is 1.00. The van der Waals surface area contributed by atoms with Crippen molar-refractivity contribution in [2.24, 2.45) is 0 Å². The van der Waals surface area contributed by atoms with Crippen LogP contribution in [0.2, 0.25) is 0 Å². The third kappa shape index (κ3) is 5.13. The van der Waals surface area contributed by atoms with Crippen molar-refractivity contribution in [3.8, 4) is 0 Å². The quantitative estimate of drug-likeness (QED) is 0.584. The summed E-state index contributed by atoms with van der Waals surface area (Å²) in [7, 11) is 1.66. The predicted molar refractivity (Wildman–Crippen MR) is 51.1 cm³/mol. The zero-order valence-corrected chi connectivity index (χ0v) is 8.31. The van der Waals surface area contributed by atoms with E-state index in [2.05, 4.69) is 17.6 Å². The number of amides is 1. The van der Waals surface area contributed by atoms with Gasteiger partial charge >= 0.3 is 0 Å². The highest BCUT2D eigenvalue weighted by Gasteiger charge is 2.07. The van der Waals surface area contributed by atoms with E-state index in [0.717, 1.165) is 13.0 Å². The van der Waals surface area contributed by atoms with Gasteiger partial charge in [-0.3, -0.25) is 4.79 Å². The van der Waals surface area contributed by atoms with Gasteiger partial charge in [-0.15, -0.1) is 0 Å². The second kappa shape index (κ2) is 7.10. The van der Waals surface area contributed by atoms with E-state index in [1.165, 1.54) is 12.8 Å². The first-order valence-electron chi connectivity index (χ1n) is 4.67. The minimum absolute atomic E-state index is 0.0616. The first kappa shape index (κ1) is 11.4. The molecule has 0 bridgehead atoms. The van der Waals surface area contributed by atoms with Crippen LogP contribution in [0.1, 0.15) is 33.1 Å². The van der Waals surface area contributed by atoms with Crippen LogP contribution in [0.15, 0.2) is 0 Å². The molecule has 0 radical (unpaired) electrons. The maximum Gasteiger partial charge on any atom is 0.236 e. The lowest BCUT2D eigenvalue weighted by molar-refractivity contribution is -0.122. The van der Waals surface area contributed by atoms with Gasteiger partial charge in [0, 0.05) is 7.05 Å². The highest BCUT2D eigenvalue weighted by molar-refractivity contribution is 5.80. The van der Waals surface area contributed by atoms with Crippen molar-refractivity contribution >= 4 is 5.91 Å². The van der Waals surface area contributed by atoms with Gasteiger partial charge < -0.3 is 10.6 Å². The molecule has 0 saturated heterocycles. The topological polar surface area (TPSA) is 41.1 Å². The molecule has 0 aromatic carbocycles. The Kier molecular flexibility index (Phi) is 6.76. The van der Waals surface area contributed by atoms with Crippen LogP contribution in [-0.2, 0) is 4.79 Å². The first-order chi connectivity index (χ1) is 5.72. The van der Waals surface area contributed by atoms with Gasteiger partial charge in [0.25, 0.3) is 0 Å². The van der Waals surface area contributed by atoms with E-state index in [1.54, 1.807) is 7.05 Å². The second-order valence-electron chi connectivity index (χ2n) is 3.00. The molecular weight excluding hydrogens is 152 g/mol. The molecule has 0 rings (SSSR count). The smallest absolute Gasteiger partial charge is 0.236 e. The zero-order valence-electron chi connectivity index (χ0n) is 8.31. The Morgan fingerprint density at radius 3 is 2.58 bits per heavy atom. The Hall–Kier alpha value is -0.570. The second-order valence-corrected chi connectivity index (χ2v) is 3.00. The van der Waals surface area contributed by atoms with Crippen molar-refractivity contribution in [1.82, 2.24) is 10.6 Å². The lowest BCUT2D eigenvalue weighted by atomic mass is 10.2. The zero-order chi connectivity index (χ0) is 9.40. The third-order valence-electron chi connectivity index (χ3n) is 1.87. The fourth-order valence-electron chi connectivity index (χ4n) is 1.00. The van der Waals surface area contributed by atoms with Crippen molar-refractivity contribution in [3.63, 3.8) is 0 Å². The van der Waals surface area contributed by atoms with Crippen LogP contribution in [0.3, 0.4) is 0 Å². The predicted octanol–water partition coefficient (Wildman–Crippen LogP) is 0.901. The largest absolute Gasteiger partial charge is 0.358 e. The molecule has 2 N–H and O–H groups in total. The molecule has 0 aromatic rings. The van der Waals surface area contributed by atoms with Crippen LogP contribution in [0.5, 0.6) is 0 Å². The van der Waals surface area contributed by atoms with Gasteiger partial charge in [-0.05, 0) is 19.9 Å². The molecule has 0 aliphatic rings. The molecule has 0 aliphatic heterocycles. The fraction of sp³-hybridized carbons (Fsp3) is 0.889. The van der Waals surface area contributed by atoms with E-state index < -0.39 is 0 Å². The summed E-state index contributed by atoms with van der Waals surface area (Å²) in [6.07, 6.45) is 3.60. The average Bonchev–Trinajstić information content (AvgIpc) is 2.10. The van der Waals surface area contributed by atoms with Crippen molar-refractivity contribution in [3.05, 3.63) is 0 Å². The molecule has 0 aliphatic carbocycles. The minimum Gasteiger partial charge on any atom is -0.358 e. The van der Waals surface area contributed by atoms with E-state index >= 15 is 0 Å². The van der Waals surface area contributed by atoms with Gasteiger partial charge in [0.2, 0.25) is 5.91 Å². The molecule has 0 aromatic heterocycles. The molecule has 0 saturated carbocycles. The Morgan fingerprint density at radius 2 is 2.08 bits per heavy atom. The summed E-state index contributed by atoms with van der Waals surface area (Å²) >= 11 is 0. The lowest BCUT2D eigenvalue weighted by Gasteiger charge is -2.11. The Balaban J connectivity index is 3.31. The third-order valence-corrected chi connectivity index (χ3v) is 1.87. The van der Waals surface area contributed by atoms with Crippen LogP contribution in [0.25, 0.3) is 0 Å². The standard InChI is InChI=1S/C9H20N2O/c1-4-5-6-7-11-8(2)9(12)10-3/h8,11H,4-7H2,1-3H3,(H,10,12). The Labute approximate surface area is 74.9 Å². The molecule has 72 valence electrons. The van der Waals surface area contributed by atoms with Crippen molar-refractivity contribution in [2.45, 2.75) is 39.2 Å². The number of hydrogen-bond acceptors (Lipinski definition) is 2. The van der Waals surface area contributed by atoms with E-state index in [9.17, 15) is 4.79 Å². The summed E-state index contributed by atoms with van der Waals surface area (Å²) in [6, 6.07) is -0.0631. The highest BCUT2D eigenvalue weighted by Crippen LogP contribution is 1.92. The molecule has 3 heteroatoms. The van der Waals surface area contributed by atoms with Crippen LogP contribution in [0.4, 0.5) is 0 Å². The van der Waals surface area contributed by atoms with Crippen molar-refractivity contribution in [2.75, 3.05) is 13.6 Å². The van der Waals surface area contributed by atoms with Gasteiger partial charge in [-0.2, -0.15) is 0 Å². The summed E-state index contributed by atoms with van der Waals surface area (Å²) < 4.78 is 0. The Bertz CT molecular complexity index is 126. The van der Waals surface area contributed by atoms with E-state index in [4.69, 9.17) is 0 Å². The summed E-state index contributed by atoms with van der Waals surface area (Å²) in [4.78, 5) is 11.0. The van der Waals surface area contributed by atoms with E-state index in [-0.39, 0.29) is 11.9 Å². The van der Waals surface area contributed by atoms with Crippen LogP contribution >= 0.6 is 0 Å². The average molecular weight is 172 g/mol. The minimum atomic E-state index is -0.0631. The summed E-state index contributed by atoms with van der Waals surface area (Å²) in [5.74, 6) is 0.0616. The maximum atomic E-state index is 11.0. The highest BCUT2D eigenvalue weighted by atomic mass is 16.2. The summed E-state index contributed by atoms with van der Waals surface area (Å²) in [5.41, 5.74) is 0. The molecule has 1 atom stereocenters. The van der Waals surface area contributed by atoms with Gasteiger partial charge in [0.1, 0.15) is 0 Å². The summed E-state index contributed by atoms with van der Waals surface area (Å²) in [6.45, 7) is 4.98. The van der Waals surface area contributed by atoms with Gasteiger partial charge in [0.15, 0.2) is 0 Å². The molecule has 1 amide bonds. The van der Waals surface area contributed by atoms with Gasteiger partial charge in [-0.1, -0.05) is 19.8 Å². The molecule has 0 spiro atoms. The Morgan fingerprint density at radius 1 is 1.42 bits per heavy atom. The van der Waals surface area contributed by atoms with Gasteiger partial charge in [0.05, 0.1) is 6.04 Å².